The summed E-state index contributed by atoms with van der Waals surface area (Å²) in [4.78, 5) is 60.3. The number of aromatic nitrogens is 1. The molecule has 13 nitrogen and oxygen atoms in total. The van der Waals surface area contributed by atoms with E-state index in [2.05, 4.69) is 5.32 Å². The number of nitro groups is 2. The van der Waals surface area contributed by atoms with Gasteiger partial charge in [-0.1, -0.05) is 23.2 Å². The molecule has 0 bridgehead atoms. The Labute approximate surface area is 258 Å². The molecule has 0 atom stereocenters. The van der Waals surface area contributed by atoms with Crippen LogP contribution < -0.4 is 15.0 Å². The number of hydrogen-bond acceptors (Lipinski definition) is 8. The number of aryl methyl sites for hydroxylation is 1. The number of nitrogens with one attached hydrogen (secondary N) is 1. The maximum Gasteiger partial charge on any atom is 0.335 e. The molecule has 0 aliphatic carbocycles. The predicted octanol–water partition coefficient (Wildman–Crippen LogP) is 6.68. The third-order valence-corrected chi connectivity index (χ3v) is 7.23. The fourth-order valence-corrected chi connectivity index (χ4v) is 5.16. The van der Waals surface area contributed by atoms with Gasteiger partial charge in [0.1, 0.15) is 11.3 Å². The second kappa shape index (κ2) is 11.6. The van der Waals surface area contributed by atoms with Gasteiger partial charge in [0.25, 0.3) is 17.5 Å². The summed E-state index contributed by atoms with van der Waals surface area (Å²) in [5.74, 6) is -1.66. The molecule has 1 saturated heterocycles. The largest absolute Gasteiger partial charge is 0.450 e. The molecule has 1 aromatic heterocycles. The Kier molecular flexibility index (Phi) is 7.91. The van der Waals surface area contributed by atoms with Crippen LogP contribution in [0.4, 0.5) is 21.9 Å². The van der Waals surface area contributed by atoms with Crippen molar-refractivity contribution in [1.82, 2.24) is 9.88 Å². The molecule has 0 saturated carbocycles. The van der Waals surface area contributed by atoms with Crippen molar-refractivity contribution >= 4 is 64.2 Å². The summed E-state index contributed by atoms with van der Waals surface area (Å²) in [6, 6.07) is 14.6. The maximum absolute atomic E-state index is 13.4. The third kappa shape index (κ3) is 5.61. The summed E-state index contributed by atoms with van der Waals surface area (Å²) in [6.07, 6.45) is 1.38. The third-order valence-electron chi connectivity index (χ3n) is 6.70. The molecule has 222 valence electrons. The van der Waals surface area contributed by atoms with Gasteiger partial charge < -0.3 is 9.30 Å². The normalized spacial score (nSPS) is 14.1. The van der Waals surface area contributed by atoms with Crippen molar-refractivity contribution in [3.63, 3.8) is 0 Å². The van der Waals surface area contributed by atoms with Crippen molar-refractivity contribution in [2.24, 2.45) is 0 Å². The lowest BCUT2D eigenvalue weighted by atomic mass is 10.1. The highest BCUT2D eigenvalue weighted by molar-refractivity contribution is 6.42. The molecule has 0 unspecified atom stereocenters. The zero-order valence-electron chi connectivity index (χ0n) is 22.7. The number of carbonyl (C=O) groups excluding carboxylic acids is 3. The second-order valence-electron chi connectivity index (χ2n) is 9.48. The van der Waals surface area contributed by atoms with Gasteiger partial charge in [-0.05, 0) is 80.1 Å². The number of imide groups is 2. The summed E-state index contributed by atoms with van der Waals surface area (Å²) in [7, 11) is 0. The zero-order chi connectivity index (χ0) is 31.9. The average Bonchev–Trinajstić information content (AvgIpc) is 3.24. The van der Waals surface area contributed by atoms with Crippen molar-refractivity contribution in [2.45, 2.75) is 13.8 Å². The molecule has 1 aliphatic rings. The Bertz CT molecular complexity index is 1930. The molecular weight excluding hydrogens is 617 g/mol. The van der Waals surface area contributed by atoms with Crippen LogP contribution >= 0.6 is 23.2 Å². The van der Waals surface area contributed by atoms with Crippen molar-refractivity contribution in [3.8, 4) is 17.2 Å². The SMILES string of the molecule is Cc1cc(C=C2C(=O)NC(=O)N(c3ccc(Cl)cc3Cl)C2=O)c(C)n1-c1ccc(Oc2ccc([N+](=O)[O-])cc2[N+](=O)[O-])cc1. The number of halogens is 2. The molecule has 3 aromatic carbocycles. The number of barbiturate groups is 1. The van der Waals surface area contributed by atoms with Crippen LogP contribution in [0.15, 0.2) is 72.3 Å². The number of nitrogens with zero attached hydrogens (tertiary/aromatic N) is 4. The van der Waals surface area contributed by atoms with E-state index in [-0.39, 0.29) is 27.8 Å². The summed E-state index contributed by atoms with van der Waals surface area (Å²) in [6.45, 7) is 3.58. The first-order valence-electron chi connectivity index (χ1n) is 12.6. The van der Waals surface area contributed by atoms with E-state index in [1.165, 1.54) is 24.3 Å². The highest BCUT2D eigenvalue weighted by Crippen LogP contribution is 2.35. The number of hydrogen-bond donors (Lipinski definition) is 1. The van der Waals surface area contributed by atoms with Crippen LogP contribution in [0.1, 0.15) is 17.0 Å². The van der Waals surface area contributed by atoms with E-state index in [1.54, 1.807) is 37.3 Å². The Morgan fingerprint density at radius 1 is 0.886 bits per heavy atom. The number of urea groups is 1. The molecule has 0 spiro atoms. The number of nitro benzene ring substituents is 2. The van der Waals surface area contributed by atoms with Crippen LogP contribution in [0.25, 0.3) is 11.8 Å². The first-order chi connectivity index (χ1) is 20.8. The number of amides is 4. The number of carbonyl (C=O) groups is 3. The minimum Gasteiger partial charge on any atom is -0.450 e. The lowest BCUT2D eigenvalue weighted by Gasteiger charge is -2.27. The smallest absolute Gasteiger partial charge is 0.335 e. The molecule has 1 N–H and O–H groups in total. The maximum atomic E-state index is 13.4. The summed E-state index contributed by atoms with van der Waals surface area (Å²) in [5, 5.41) is 24.9. The van der Waals surface area contributed by atoms with Gasteiger partial charge in [0.2, 0.25) is 5.75 Å². The number of rotatable bonds is 7. The highest BCUT2D eigenvalue weighted by atomic mass is 35.5. The molecule has 4 amide bonds. The summed E-state index contributed by atoms with van der Waals surface area (Å²) >= 11 is 12.2. The summed E-state index contributed by atoms with van der Waals surface area (Å²) in [5.41, 5.74) is 1.36. The topological polar surface area (TPSA) is 167 Å². The van der Waals surface area contributed by atoms with E-state index in [1.807, 2.05) is 11.5 Å². The number of non-ortho nitro benzene ring substituents is 1. The van der Waals surface area contributed by atoms with Gasteiger partial charge in [0, 0.05) is 28.2 Å². The summed E-state index contributed by atoms with van der Waals surface area (Å²) < 4.78 is 7.48. The van der Waals surface area contributed by atoms with Gasteiger partial charge in [0.05, 0.1) is 26.6 Å². The number of anilines is 1. The average molecular weight is 636 g/mol. The predicted molar refractivity (Wildman–Crippen MR) is 161 cm³/mol. The van der Waals surface area contributed by atoms with Gasteiger partial charge in [-0.3, -0.25) is 35.1 Å². The molecule has 44 heavy (non-hydrogen) atoms. The van der Waals surface area contributed by atoms with Crippen LogP contribution in [0.2, 0.25) is 10.0 Å². The monoisotopic (exact) mass is 635 g/mol. The fraction of sp³-hybridized carbons (Fsp3) is 0.0690. The fourth-order valence-electron chi connectivity index (χ4n) is 4.66. The Balaban J connectivity index is 1.44. The molecular formula is C29H19Cl2N5O8. The van der Waals surface area contributed by atoms with Crippen molar-refractivity contribution < 1.29 is 29.0 Å². The first-order valence-corrected chi connectivity index (χ1v) is 13.4. The van der Waals surface area contributed by atoms with Crippen LogP contribution in [0.5, 0.6) is 11.5 Å². The quantitative estimate of drug-likeness (QED) is 0.102. The molecule has 0 radical (unpaired) electrons. The standard InChI is InChI=1S/C29H19Cl2N5O8/c1-15-11-17(12-22-27(37)32-29(39)34(28(22)38)24-9-3-18(30)13-23(24)31)16(2)33(15)19-4-7-21(8-5-19)44-26-10-6-20(35(40)41)14-25(26)36(42)43/h3-14H,1-2H3,(H,32,37,39). The van der Waals surface area contributed by atoms with E-state index in [0.717, 1.165) is 28.8 Å². The van der Waals surface area contributed by atoms with Crippen molar-refractivity contribution in [3.05, 3.63) is 120 Å². The van der Waals surface area contributed by atoms with Crippen molar-refractivity contribution in [1.29, 1.82) is 0 Å². The van der Waals surface area contributed by atoms with Crippen LogP contribution in [0.3, 0.4) is 0 Å². The van der Waals surface area contributed by atoms with Gasteiger partial charge in [-0.15, -0.1) is 0 Å². The Morgan fingerprint density at radius 3 is 2.23 bits per heavy atom. The zero-order valence-corrected chi connectivity index (χ0v) is 24.3. The molecule has 15 heteroatoms. The van der Waals surface area contributed by atoms with Gasteiger partial charge >= 0.3 is 11.7 Å². The van der Waals surface area contributed by atoms with E-state index in [4.69, 9.17) is 27.9 Å². The number of ether oxygens (including phenoxy) is 1. The first kappa shape index (κ1) is 29.9. The minimum atomic E-state index is -0.951. The Hall–Kier alpha value is -5.53. The van der Waals surface area contributed by atoms with Crippen LogP contribution in [0, 0.1) is 34.1 Å². The molecule has 5 rings (SSSR count). The van der Waals surface area contributed by atoms with Gasteiger partial charge in [-0.2, -0.15) is 0 Å². The highest BCUT2D eigenvalue weighted by Gasteiger charge is 2.38. The van der Waals surface area contributed by atoms with Crippen LogP contribution in [-0.4, -0.2) is 32.3 Å². The van der Waals surface area contributed by atoms with E-state index in [0.29, 0.717) is 22.0 Å². The lowest BCUT2D eigenvalue weighted by molar-refractivity contribution is -0.394. The van der Waals surface area contributed by atoms with Crippen molar-refractivity contribution in [2.75, 3.05) is 4.90 Å². The second-order valence-corrected chi connectivity index (χ2v) is 10.3. The minimum absolute atomic E-state index is 0.0449. The molecule has 2 heterocycles. The molecule has 4 aromatic rings. The van der Waals surface area contributed by atoms with Crippen LogP contribution in [-0.2, 0) is 9.59 Å². The lowest BCUT2D eigenvalue weighted by Crippen LogP contribution is -2.54. The Morgan fingerprint density at radius 2 is 1.59 bits per heavy atom. The van der Waals surface area contributed by atoms with E-state index in [9.17, 15) is 34.6 Å². The van der Waals surface area contributed by atoms with Gasteiger partial charge in [0.15, 0.2) is 0 Å². The van der Waals surface area contributed by atoms with E-state index < -0.39 is 39.1 Å². The molecule has 1 fully saturated rings. The molecule has 1 aliphatic heterocycles. The number of benzene rings is 3. The van der Waals surface area contributed by atoms with Gasteiger partial charge in [-0.25, -0.2) is 9.69 Å². The van der Waals surface area contributed by atoms with E-state index >= 15 is 0 Å².